The Balaban J connectivity index is 1.65. The maximum atomic E-state index is 11.7. The van der Waals surface area contributed by atoms with E-state index in [0.717, 1.165) is 26.2 Å². The number of hydrogen-bond acceptors (Lipinski definition) is 5. The van der Waals surface area contributed by atoms with E-state index in [0.29, 0.717) is 13.1 Å². The molecular formula is C12H20N6O3. The molecule has 0 aromatic carbocycles. The van der Waals surface area contributed by atoms with Crippen LogP contribution in [0.2, 0.25) is 0 Å². The van der Waals surface area contributed by atoms with Gasteiger partial charge in [0.2, 0.25) is 0 Å². The van der Waals surface area contributed by atoms with E-state index >= 15 is 0 Å². The van der Waals surface area contributed by atoms with Gasteiger partial charge in [-0.2, -0.15) is 0 Å². The smallest absolute Gasteiger partial charge is 0.356 e. The van der Waals surface area contributed by atoms with Gasteiger partial charge in [-0.25, -0.2) is 19.6 Å². The Hall–Kier alpha value is -2.13. The summed E-state index contributed by atoms with van der Waals surface area (Å²) in [5.74, 6) is -1.06. The van der Waals surface area contributed by atoms with Gasteiger partial charge in [-0.1, -0.05) is 0 Å². The zero-order chi connectivity index (χ0) is 15.2. The number of aromatic nitrogens is 2. The van der Waals surface area contributed by atoms with Gasteiger partial charge >= 0.3 is 12.0 Å². The molecule has 3 N–H and O–H groups in total. The zero-order valence-electron chi connectivity index (χ0n) is 11.9. The van der Waals surface area contributed by atoms with E-state index < -0.39 is 5.97 Å². The van der Waals surface area contributed by atoms with Crippen LogP contribution in [0.25, 0.3) is 0 Å². The van der Waals surface area contributed by atoms with Crippen molar-refractivity contribution in [2.45, 2.75) is 6.54 Å². The standard InChI is InChI=1S/C12H20N6O3/c1-16-4-6-18(7-5-16)15-12(21)13-2-3-17-8-10(11(19)20)14-9-17/h8-9H,2-7H2,1H3,(H,19,20)(H2,13,15,21). The highest BCUT2D eigenvalue weighted by molar-refractivity contribution is 5.84. The number of urea groups is 1. The second kappa shape index (κ2) is 7.04. The van der Waals surface area contributed by atoms with Crippen molar-refractivity contribution in [1.29, 1.82) is 0 Å². The second-order valence-corrected chi connectivity index (χ2v) is 4.96. The fourth-order valence-corrected chi connectivity index (χ4v) is 1.99. The van der Waals surface area contributed by atoms with E-state index in [1.165, 1.54) is 12.5 Å². The van der Waals surface area contributed by atoms with Crippen LogP contribution in [0.5, 0.6) is 0 Å². The fourth-order valence-electron chi connectivity index (χ4n) is 1.99. The third kappa shape index (κ3) is 4.72. The summed E-state index contributed by atoms with van der Waals surface area (Å²) in [6.07, 6.45) is 2.87. The highest BCUT2D eigenvalue weighted by Gasteiger charge is 2.15. The van der Waals surface area contributed by atoms with Crippen molar-refractivity contribution < 1.29 is 14.7 Å². The maximum Gasteiger partial charge on any atom is 0.356 e. The van der Waals surface area contributed by atoms with Gasteiger partial charge in [0, 0.05) is 45.5 Å². The van der Waals surface area contributed by atoms with Crippen molar-refractivity contribution in [1.82, 2.24) is 30.2 Å². The molecule has 1 aromatic rings. The van der Waals surface area contributed by atoms with Crippen LogP contribution in [0, 0.1) is 0 Å². The van der Waals surface area contributed by atoms with Gasteiger partial charge in [0.05, 0.1) is 6.33 Å². The average Bonchev–Trinajstić information content (AvgIpc) is 2.90. The quantitative estimate of drug-likeness (QED) is 0.647. The third-order valence-electron chi connectivity index (χ3n) is 3.27. The number of rotatable bonds is 5. The first-order valence-corrected chi connectivity index (χ1v) is 6.77. The minimum absolute atomic E-state index is 0.00288. The van der Waals surface area contributed by atoms with Gasteiger partial charge in [0.25, 0.3) is 0 Å². The molecule has 1 saturated heterocycles. The lowest BCUT2D eigenvalue weighted by molar-refractivity contribution is 0.0691. The lowest BCUT2D eigenvalue weighted by Crippen LogP contribution is -2.55. The predicted molar refractivity (Wildman–Crippen MR) is 74.8 cm³/mol. The normalized spacial score (nSPS) is 16.6. The molecule has 0 saturated carbocycles. The zero-order valence-corrected chi connectivity index (χ0v) is 11.9. The summed E-state index contributed by atoms with van der Waals surface area (Å²) >= 11 is 0. The number of hydrogen-bond donors (Lipinski definition) is 3. The van der Waals surface area contributed by atoms with Gasteiger partial charge in [0.1, 0.15) is 0 Å². The van der Waals surface area contributed by atoms with Crippen LogP contribution in [-0.4, -0.2) is 76.3 Å². The number of aromatic carboxylic acids is 1. The summed E-state index contributed by atoms with van der Waals surface area (Å²) in [6, 6.07) is -0.252. The summed E-state index contributed by atoms with van der Waals surface area (Å²) in [5.41, 5.74) is 2.78. The van der Waals surface area contributed by atoms with Crippen LogP contribution >= 0.6 is 0 Å². The summed E-state index contributed by atoms with van der Waals surface area (Å²) in [5, 5.41) is 13.4. The van der Waals surface area contributed by atoms with Crippen LogP contribution in [0.3, 0.4) is 0 Å². The minimum atomic E-state index is -1.06. The summed E-state index contributed by atoms with van der Waals surface area (Å²) in [4.78, 5) is 28.3. The number of carbonyl (C=O) groups is 2. The topological polar surface area (TPSA) is 103 Å². The Kier molecular flexibility index (Phi) is 5.12. The van der Waals surface area contributed by atoms with E-state index in [-0.39, 0.29) is 11.7 Å². The van der Waals surface area contributed by atoms with Crippen molar-refractivity contribution in [2.24, 2.45) is 0 Å². The molecule has 1 aliphatic rings. The van der Waals surface area contributed by atoms with Gasteiger partial charge in [-0.3, -0.25) is 5.43 Å². The number of likely N-dealkylation sites (N-methyl/N-ethyl adjacent to an activating group) is 1. The Bertz CT molecular complexity index is 495. The van der Waals surface area contributed by atoms with Crippen molar-refractivity contribution in [3.8, 4) is 0 Å². The summed E-state index contributed by atoms with van der Waals surface area (Å²) in [6.45, 7) is 4.31. The average molecular weight is 296 g/mol. The number of piperazine rings is 1. The summed E-state index contributed by atoms with van der Waals surface area (Å²) in [7, 11) is 2.05. The van der Waals surface area contributed by atoms with E-state index in [1.54, 1.807) is 4.57 Å². The predicted octanol–water partition coefficient (Wildman–Crippen LogP) is -0.957. The van der Waals surface area contributed by atoms with Crippen LogP contribution in [-0.2, 0) is 6.54 Å². The molecule has 0 unspecified atom stereocenters. The minimum Gasteiger partial charge on any atom is -0.476 e. The lowest BCUT2D eigenvalue weighted by atomic mass is 10.4. The Morgan fingerprint density at radius 2 is 2.05 bits per heavy atom. The molecule has 1 fully saturated rings. The van der Waals surface area contributed by atoms with Gasteiger partial charge in [-0.05, 0) is 7.05 Å². The molecule has 0 bridgehead atoms. The second-order valence-electron chi connectivity index (χ2n) is 4.96. The SMILES string of the molecule is CN1CCN(NC(=O)NCCn2cnc(C(=O)O)c2)CC1. The summed E-state index contributed by atoms with van der Waals surface area (Å²) < 4.78 is 1.62. The van der Waals surface area contributed by atoms with Gasteiger partial charge in [-0.15, -0.1) is 0 Å². The van der Waals surface area contributed by atoms with Gasteiger partial charge in [0.15, 0.2) is 5.69 Å². The molecule has 0 aliphatic carbocycles. The molecular weight excluding hydrogens is 276 g/mol. The Morgan fingerprint density at radius 1 is 1.33 bits per heavy atom. The van der Waals surface area contributed by atoms with E-state index in [4.69, 9.17) is 5.11 Å². The molecule has 1 aromatic heterocycles. The number of imidazole rings is 1. The molecule has 9 nitrogen and oxygen atoms in total. The molecule has 0 spiro atoms. The molecule has 0 radical (unpaired) electrons. The molecule has 9 heteroatoms. The first-order chi connectivity index (χ1) is 10.0. The van der Waals surface area contributed by atoms with Crippen molar-refractivity contribution >= 4 is 12.0 Å². The molecule has 21 heavy (non-hydrogen) atoms. The van der Waals surface area contributed by atoms with Crippen molar-refractivity contribution in [3.63, 3.8) is 0 Å². The molecule has 2 heterocycles. The third-order valence-corrected chi connectivity index (χ3v) is 3.27. The lowest BCUT2D eigenvalue weighted by Gasteiger charge is -2.32. The number of carbonyl (C=O) groups excluding carboxylic acids is 1. The number of amides is 2. The Morgan fingerprint density at radius 3 is 2.67 bits per heavy atom. The van der Waals surface area contributed by atoms with E-state index in [1.807, 2.05) is 12.1 Å². The monoisotopic (exact) mass is 296 g/mol. The van der Waals surface area contributed by atoms with E-state index in [2.05, 4.69) is 20.6 Å². The number of carboxylic acids is 1. The number of nitrogens with one attached hydrogen (secondary N) is 2. The van der Waals surface area contributed by atoms with Crippen LogP contribution in [0.15, 0.2) is 12.5 Å². The highest BCUT2D eigenvalue weighted by atomic mass is 16.4. The fraction of sp³-hybridized carbons (Fsp3) is 0.583. The van der Waals surface area contributed by atoms with E-state index in [9.17, 15) is 9.59 Å². The van der Waals surface area contributed by atoms with Crippen LogP contribution in [0.1, 0.15) is 10.5 Å². The first-order valence-electron chi connectivity index (χ1n) is 6.77. The Labute approximate surface area is 122 Å². The van der Waals surface area contributed by atoms with Crippen molar-refractivity contribution in [2.75, 3.05) is 39.8 Å². The highest BCUT2D eigenvalue weighted by Crippen LogP contribution is 1.96. The largest absolute Gasteiger partial charge is 0.476 e. The molecule has 2 rings (SSSR count). The van der Waals surface area contributed by atoms with Crippen molar-refractivity contribution in [3.05, 3.63) is 18.2 Å². The number of carboxylic acid groups (broad SMARTS) is 1. The number of hydrazine groups is 1. The van der Waals surface area contributed by atoms with Crippen LogP contribution in [0.4, 0.5) is 4.79 Å². The molecule has 1 aliphatic heterocycles. The molecule has 0 atom stereocenters. The van der Waals surface area contributed by atoms with Gasteiger partial charge < -0.3 is 19.9 Å². The maximum absolute atomic E-state index is 11.7. The molecule has 116 valence electrons. The van der Waals surface area contributed by atoms with Crippen LogP contribution < -0.4 is 10.7 Å². The molecule has 2 amide bonds. The first kappa shape index (κ1) is 15.3. The number of nitrogens with zero attached hydrogens (tertiary/aromatic N) is 4.